The summed E-state index contributed by atoms with van der Waals surface area (Å²) < 4.78 is 0. The Kier molecular flexibility index (Phi) is 3.46. The fraction of sp³-hybridized carbons (Fsp3) is 0.778. The molecule has 0 rings (SSSR count). The monoisotopic (exact) mass is 186 g/mol. The van der Waals surface area contributed by atoms with Gasteiger partial charge in [0.25, 0.3) is 0 Å². The molecule has 0 radical (unpaired) electrons. The topological polar surface area (TPSA) is 40.6 Å². The first-order valence-corrected chi connectivity index (χ1v) is 4.14. The van der Waals surface area contributed by atoms with E-state index in [1.807, 2.05) is 0 Å². The zero-order valence-corrected chi connectivity index (χ0v) is 9.21. The number of hydrogen-bond acceptors (Lipinski definition) is 2. The smallest absolute Gasteiger partial charge is 0.237 e. The van der Waals surface area contributed by atoms with Crippen LogP contribution in [0.4, 0.5) is 0 Å². The van der Waals surface area contributed by atoms with Gasteiger partial charge in [0.05, 0.1) is 0 Å². The first-order valence-electron chi connectivity index (χ1n) is 4.14. The number of nitrogens with zero attached hydrogens (tertiary/aromatic N) is 2. The lowest BCUT2D eigenvalue weighted by molar-refractivity contribution is -0.151. The predicted molar refractivity (Wildman–Crippen MR) is 51.2 cm³/mol. The highest BCUT2D eigenvalue weighted by atomic mass is 16.2. The van der Waals surface area contributed by atoms with Gasteiger partial charge in [0, 0.05) is 28.2 Å². The average Bonchev–Trinajstić information content (AvgIpc) is 2.01. The molecule has 0 aliphatic carbocycles. The molecular formula is C9H18N2O2. The van der Waals surface area contributed by atoms with Gasteiger partial charge in [-0.3, -0.25) is 9.59 Å². The molecule has 0 bridgehead atoms. The van der Waals surface area contributed by atoms with Crippen molar-refractivity contribution in [2.45, 2.75) is 13.8 Å². The van der Waals surface area contributed by atoms with E-state index in [-0.39, 0.29) is 11.8 Å². The summed E-state index contributed by atoms with van der Waals surface area (Å²) in [7, 11) is 6.58. The SMILES string of the molecule is CN(C)C(=O)C(C)(C)C(=O)N(C)C. The van der Waals surface area contributed by atoms with Crippen LogP contribution in [0.5, 0.6) is 0 Å². The summed E-state index contributed by atoms with van der Waals surface area (Å²) in [6.07, 6.45) is 0. The summed E-state index contributed by atoms with van der Waals surface area (Å²) in [6, 6.07) is 0. The van der Waals surface area contributed by atoms with Crippen molar-refractivity contribution in [3.8, 4) is 0 Å². The van der Waals surface area contributed by atoms with Crippen LogP contribution in [-0.2, 0) is 9.59 Å². The maximum atomic E-state index is 11.6. The summed E-state index contributed by atoms with van der Waals surface area (Å²) in [5.41, 5.74) is -0.965. The molecule has 0 N–H and O–H groups in total. The van der Waals surface area contributed by atoms with E-state index in [2.05, 4.69) is 0 Å². The average molecular weight is 186 g/mol. The molecule has 0 spiro atoms. The molecule has 0 saturated heterocycles. The number of rotatable bonds is 2. The molecule has 0 saturated carbocycles. The van der Waals surface area contributed by atoms with Crippen molar-refractivity contribution in [3.63, 3.8) is 0 Å². The minimum atomic E-state index is -0.965. The Morgan fingerprint density at radius 3 is 1.23 bits per heavy atom. The normalized spacial score (nSPS) is 10.9. The zero-order valence-electron chi connectivity index (χ0n) is 9.21. The highest BCUT2D eigenvalue weighted by Gasteiger charge is 2.38. The van der Waals surface area contributed by atoms with Crippen LogP contribution in [-0.4, -0.2) is 49.8 Å². The van der Waals surface area contributed by atoms with Gasteiger partial charge in [0.1, 0.15) is 5.41 Å². The second kappa shape index (κ2) is 3.77. The molecular weight excluding hydrogens is 168 g/mol. The van der Waals surface area contributed by atoms with Crippen molar-refractivity contribution in [3.05, 3.63) is 0 Å². The Morgan fingerprint density at radius 1 is 0.846 bits per heavy atom. The van der Waals surface area contributed by atoms with Crippen molar-refractivity contribution in [1.82, 2.24) is 9.80 Å². The number of carbonyl (C=O) groups excluding carboxylic acids is 2. The summed E-state index contributed by atoms with van der Waals surface area (Å²) in [5.74, 6) is -0.350. The largest absolute Gasteiger partial charge is 0.348 e. The highest BCUT2D eigenvalue weighted by molar-refractivity contribution is 6.03. The van der Waals surface area contributed by atoms with Gasteiger partial charge in [-0.05, 0) is 13.8 Å². The third-order valence-electron chi connectivity index (χ3n) is 1.88. The van der Waals surface area contributed by atoms with E-state index < -0.39 is 5.41 Å². The molecule has 0 atom stereocenters. The minimum Gasteiger partial charge on any atom is -0.348 e. The van der Waals surface area contributed by atoms with Crippen molar-refractivity contribution in [2.24, 2.45) is 5.41 Å². The fourth-order valence-electron chi connectivity index (χ4n) is 1.21. The number of amides is 2. The van der Waals surface area contributed by atoms with E-state index >= 15 is 0 Å². The third-order valence-corrected chi connectivity index (χ3v) is 1.88. The second-order valence-corrected chi connectivity index (χ2v) is 4.02. The Balaban J connectivity index is 4.76. The van der Waals surface area contributed by atoms with Gasteiger partial charge in [0.15, 0.2) is 0 Å². The molecule has 4 nitrogen and oxygen atoms in total. The van der Waals surface area contributed by atoms with Crippen LogP contribution >= 0.6 is 0 Å². The van der Waals surface area contributed by atoms with Gasteiger partial charge >= 0.3 is 0 Å². The molecule has 4 heteroatoms. The predicted octanol–water partition coefficient (Wildman–Crippen LogP) is 0.189. The number of hydrogen-bond donors (Lipinski definition) is 0. The van der Waals surface area contributed by atoms with E-state index in [0.29, 0.717) is 0 Å². The minimum absolute atomic E-state index is 0.175. The molecule has 0 heterocycles. The van der Waals surface area contributed by atoms with Crippen molar-refractivity contribution < 1.29 is 9.59 Å². The number of carbonyl (C=O) groups is 2. The van der Waals surface area contributed by atoms with Gasteiger partial charge in [0.2, 0.25) is 11.8 Å². The Hall–Kier alpha value is -1.06. The Labute approximate surface area is 79.5 Å². The Morgan fingerprint density at radius 2 is 1.08 bits per heavy atom. The standard InChI is InChI=1S/C9H18N2O2/c1-9(2,7(12)10(3)4)8(13)11(5)6/h1-6H3. The molecule has 0 fully saturated rings. The third kappa shape index (κ3) is 2.44. The lowest BCUT2D eigenvalue weighted by atomic mass is 9.90. The van der Waals surface area contributed by atoms with Crippen LogP contribution in [0.1, 0.15) is 13.8 Å². The molecule has 2 amide bonds. The Bertz CT molecular complexity index is 198. The first-order chi connectivity index (χ1) is 5.71. The van der Waals surface area contributed by atoms with Crippen molar-refractivity contribution >= 4 is 11.8 Å². The lowest BCUT2D eigenvalue weighted by Crippen LogP contribution is -2.46. The van der Waals surface area contributed by atoms with Gasteiger partial charge in [-0.25, -0.2) is 0 Å². The van der Waals surface area contributed by atoms with Crippen molar-refractivity contribution in [1.29, 1.82) is 0 Å². The van der Waals surface area contributed by atoms with E-state index in [1.165, 1.54) is 9.80 Å². The van der Waals surface area contributed by atoms with E-state index in [0.717, 1.165) is 0 Å². The van der Waals surface area contributed by atoms with E-state index in [4.69, 9.17) is 0 Å². The molecule has 0 aromatic heterocycles. The van der Waals surface area contributed by atoms with Crippen LogP contribution in [0.25, 0.3) is 0 Å². The maximum absolute atomic E-state index is 11.6. The summed E-state index contributed by atoms with van der Waals surface area (Å²) in [4.78, 5) is 26.0. The van der Waals surface area contributed by atoms with Gasteiger partial charge < -0.3 is 9.80 Å². The van der Waals surface area contributed by atoms with Gasteiger partial charge in [-0.1, -0.05) is 0 Å². The van der Waals surface area contributed by atoms with E-state index in [9.17, 15) is 9.59 Å². The summed E-state index contributed by atoms with van der Waals surface area (Å²) in [6.45, 7) is 3.27. The van der Waals surface area contributed by atoms with Crippen LogP contribution in [0.3, 0.4) is 0 Å². The first kappa shape index (κ1) is 11.9. The van der Waals surface area contributed by atoms with Crippen molar-refractivity contribution in [2.75, 3.05) is 28.2 Å². The molecule has 0 aliphatic rings. The molecule has 0 aromatic carbocycles. The molecule has 0 aliphatic heterocycles. The fourth-order valence-corrected chi connectivity index (χ4v) is 1.21. The highest BCUT2D eigenvalue weighted by Crippen LogP contribution is 2.19. The zero-order chi connectivity index (χ0) is 10.8. The second-order valence-electron chi connectivity index (χ2n) is 4.02. The van der Waals surface area contributed by atoms with Crippen LogP contribution < -0.4 is 0 Å². The molecule has 0 unspecified atom stereocenters. The quantitative estimate of drug-likeness (QED) is 0.578. The van der Waals surface area contributed by atoms with Gasteiger partial charge in [-0.15, -0.1) is 0 Å². The summed E-state index contributed by atoms with van der Waals surface area (Å²) >= 11 is 0. The molecule has 0 aromatic rings. The van der Waals surface area contributed by atoms with Crippen LogP contribution in [0.2, 0.25) is 0 Å². The molecule has 13 heavy (non-hydrogen) atoms. The van der Waals surface area contributed by atoms with Crippen LogP contribution in [0, 0.1) is 5.41 Å². The molecule has 76 valence electrons. The maximum Gasteiger partial charge on any atom is 0.237 e. The lowest BCUT2D eigenvalue weighted by Gasteiger charge is -2.28. The summed E-state index contributed by atoms with van der Waals surface area (Å²) in [5, 5.41) is 0. The van der Waals surface area contributed by atoms with E-state index in [1.54, 1.807) is 42.0 Å². The van der Waals surface area contributed by atoms with Gasteiger partial charge in [-0.2, -0.15) is 0 Å². The van der Waals surface area contributed by atoms with Crippen LogP contribution in [0.15, 0.2) is 0 Å².